The Hall–Kier alpha value is -0.870. The summed E-state index contributed by atoms with van der Waals surface area (Å²) in [6.45, 7) is 3.11. The van der Waals surface area contributed by atoms with Gasteiger partial charge < -0.3 is 10.4 Å². The lowest BCUT2D eigenvalue weighted by Crippen LogP contribution is -2.15. The van der Waals surface area contributed by atoms with Gasteiger partial charge in [-0.1, -0.05) is 24.9 Å². The maximum atomic E-state index is 8.83. The van der Waals surface area contributed by atoms with Crippen molar-refractivity contribution in [3.63, 3.8) is 0 Å². The Balaban J connectivity index is 2.41. The zero-order valence-corrected chi connectivity index (χ0v) is 9.54. The molecule has 0 aromatic carbocycles. The van der Waals surface area contributed by atoms with Gasteiger partial charge in [0.2, 0.25) is 0 Å². The number of hydrogen-bond donors (Lipinski definition) is 2. The lowest BCUT2D eigenvalue weighted by atomic mass is 10.0. The highest BCUT2D eigenvalue weighted by Crippen LogP contribution is 2.11. The molecule has 0 radical (unpaired) electrons. The zero-order chi connectivity index (χ0) is 11.1. The number of hydrogen-bond acceptors (Lipinski definition) is 4. The largest absolute Gasteiger partial charge is 0.396 e. The average molecular weight is 230 g/mol. The van der Waals surface area contributed by atoms with Gasteiger partial charge in [0.05, 0.1) is 12.4 Å². The predicted molar refractivity (Wildman–Crippen MR) is 61.0 cm³/mol. The molecule has 0 aliphatic carbocycles. The molecule has 0 spiro atoms. The Morgan fingerprint density at radius 3 is 2.93 bits per heavy atom. The van der Waals surface area contributed by atoms with E-state index in [1.54, 1.807) is 6.20 Å². The van der Waals surface area contributed by atoms with E-state index in [0.717, 1.165) is 19.4 Å². The third-order valence-electron chi connectivity index (χ3n) is 2.29. The number of nitrogens with one attached hydrogen (secondary N) is 1. The number of nitrogens with zero attached hydrogens (tertiary/aromatic N) is 2. The summed E-state index contributed by atoms with van der Waals surface area (Å²) < 4.78 is 0. The third-order valence-corrected chi connectivity index (χ3v) is 2.47. The first kappa shape index (κ1) is 12.2. The van der Waals surface area contributed by atoms with Gasteiger partial charge in [-0.2, -0.15) is 0 Å². The van der Waals surface area contributed by atoms with Crippen LogP contribution in [-0.2, 0) is 0 Å². The predicted octanol–water partition coefficient (Wildman–Crippen LogP) is 1.95. The molecule has 15 heavy (non-hydrogen) atoms. The summed E-state index contributed by atoms with van der Waals surface area (Å²) in [6.07, 6.45) is 4.97. The molecule has 0 aliphatic rings. The summed E-state index contributed by atoms with van der Waals surface area (Å²) in [5.74, 6) is 1.13. The van der Waals surface area contributed by atoms with E-state index < -0.39 is 0 Å². The number of aromatic nitrogens is 2. The fourth-order valence-electron chi connectivity index (χ4n) is 1.31. The van der Waals surface area contributed by atoms with Gasteiger partial charge in [0.25, 0.3) is 0 Å². The molecule has 0 bridgehead atoms. The van der Waals surface area contributed by atoms with Crippen molar-refractivity contribution in [2.75, 3.05) is 18.5 Å². The molecular weight excluding hydrogens is 214 g/mol. The SMILES string of the molecule is CCC(CCO)CNc1cncc(Cl)n1. The number of halogens is 1. The van der Waals surface area contributed by atoms with E-state index in [1.807, 2.05) is 0 Å². The smallest absolute Gasteiger partial charge is 0.149 e. The fourth-order valence-corrected chi connectivity index (χ4v) is 1.46. The van der Waals surface area contributed by atoms with Gasteiger partial charge in [-0.25, -0.2) is 4.98 Å². The molecule has 0 saturated heterocycles. The van der Waals surface area contributed by atoms with Crippen LogP contribution in [0.15, 0.2) is 12.4 Å². The van der Waals surface area contributed by atoms with Crippen LogP contribution in [0.4, 0.5) is 5.82 Å². The highest BCUT2D eigenvalue weighted by molar-refractivity contribution is 6.29. The van der Waals surface area contributed by atoms with Crippen LogP contribution in [0, 0.1) is 5.92 Å². The molecule has 4 nitrogen and oxygen atoms in total. The number of anilines is 1. The van der Waals surface area contributed by atoms with Gasteiger partial charge >= 0.3 is 0 Å². The minimum Gasteiger partial charge on any atom is -0.396 e. The number of aliphatic hydroxyl groups excluding tert-OH is 1. The Morgan fingerprint density at radius 2 is 2.33 bits per heavy atom. The summed E-state index contributed by atoms with van der Waals surface area (Å²) in [5.41, 5.74) is 0. The van der Waals surface area contributed by atoms with E-state index in [9.17, 15) is 0 Å². The van der Waals surface area contributed by atoms with Gasteiger partial charge in [-0.3, -0.25) is 4.98 Å². The fraction of sp³-hybridized carbons (Fsp3) is 0.600. The first-order valence-electron chi connectivity index (χ1n) is 5.08. The van der Waals surface area contributed by atoms with Gasteiger partial charge in [0, 0.05) is 13.2 Å². The van der Waals surface area contributed by atoms with Crippen LogP contribution in [0.3, 0.4) is 0 Å². The third kappa shape index (κ3) is 4.44. The Labute approximate surface area is 94.7 Å². The van der Waals surface area contributed by atoms with Gasteiger partial charge in [0.1, 0.15) is 11.0 Å². The van der Waals surface area contributed by atoms with Crippen LogP contribution >= 0.6 is 11.6 Å². The molecule has 1 rings (SSSR count). The summed E-state index contributed by atoms with van der Waals surface area (Å²) >= 11 is 5.70. The molecule has 5 heteroatoms. The molecule has 1 heterocycles. The maximum Gasteiger partial charge on any atom is 0.149 e. The van der Waals surface area contributed by atoms with Crippen molar-refractivity contribution in [1.82, 2.24) is 9.97 Å². The zero-order valence-electron chi connectivity index (χ0n) is 8.78. The van der Waals surface area contributed by atoms with Crippen LogP contribution in [0.25, 0.3) is 0 Å². The van der Waals surface area contributed by atoms with Crippen LogP contribution in [0.5, 0.6) is 0 Å². The normalized spacial score (nSPS) is 12.5. The van der Waals surface area contributed by atoms with Crippen LogP contribution in [-0.4, -0.2) is 28.2 Å². The van der Waals surface area contributed by atoms with Crippen LogP contribution in [0.1, 0.15) is 19.8 Å². The standard InChI is InChI=1S/C10H16ClN3O/c1-2-8(3-4-15)5-13-10-7-12-6-9(11)14-10/h6-8,15H,2-5H2,1H3,(H,13,14). The quantitative estimate of drug-likeness (QED) is 0.783. The van der Waals surface area contributed by atoms with Crippen molar-refractivity contribution in [1.29, 1.82) is 0 Å². The molecule has 1 atom stereocenters. The van der Waals surface area contributed by atoms with Crippen molar-refractivity contribution in [2.45, 2.75) is 19.8 Å². The van der Waals surface area contributed by atoms with Crippen LogP contribution < -0.4 is 5.32 Å². The Kier molecular flexibility index (Phi) is 5.36. The molecular formula is C10H16ClN3O. The second kappa shape index (κ2) is 6.58. The summed E-state index contributed by atoms with van der Waals surface area (Å²) in [5, 5.41) is 12.4. The monoisotopic (exact) mass is 229 g/mol. The molecule has 0 saturated carbocycles. The molecule has 84 valence electrons. The molecule has 0 fully saturated rings. The molecule has 0 amide bonds. The Morgan fingerprint density at radius 1 is 1.53 bits per heavy atom. The van der Waals surface area contributed by atoms with Gasteiger partial charge in [-0.15, -0.1) is 0 Å². The Bertz CT molecular complexity index is 296. The van der Waals surface area contributed by atoms with Crippen molar-refractivity contribution in [2.24, 2.45) is 5.92 Å². The number of aliphatic hydroxyl groups is 1. The van der Waals surface area contributed by atoms with Crippen molar-refractivity contribution >= 4 is 17.4 Å². The first-order valence-corrected chi connectivity index (χ1v) is 5.46. The summed E-state index contributed by atoms with van der Waals surface area (Å²) in [7, 11) is 0. The molecule has 1 unspecified atom stereocenters. The van der Waals surface area contributed by atoms with E-state index >= 15 is 0 Å². The minimum absolute atomic E-state index is 0.224. The van der Waals surface area contributed by atoms with E-state index in [1.165, 1.54) is 6.20 Å². The van der Waals surface area contributed by atoms with E-state index in [-0.39, 0.29) is 6.61 Å². The van der Waals surface area contributed by atoms with Crippen LogP contribution in [0.2, 0.25) is 5.15 Å². The van der Waals surface area contributed by atoms with Gasteiger partial charge in [0.15, 0.2) is 0 Å². The van der Waals surface area contributed by atoms with E-state index in [4.69, 9.17) is 16.7 Å². The summed E-state index contributed by atoms with van der Waals surface area (Å²) in [6, 6.07) is 0. The molecule has 0 aliphatic heterocycles. The topological polar surface area (TPSA) is 58.0 Å². The molecule has 2 N–H and O–H groups in total. The van der Waals surface area contributed by atoms with Crippen molar-refractivity contribution in [3.05, 3.63) is 17.5 Å². The summed E-state index contributed by atoms with van der Waals surface area (Å²) in [4.78, 5) is 8.00. The van der Waals surface area contributed by atoms with Crippen molar-refractivity contribution < 1.29 is 5.11 Å². The molecule has 1 aromatic rings. The van der Waals surface area contributed by atoms with Crippen molar-refractivity contribution in [3.8, 4) is 0 Å². The minimum atomic E-state index is 0.224. The number of rotatable bonds is 6. The first-order chi connectivity index (χ1) is 7.26. The van der Waals surface area contributed by atoms with E-state index in [0.29, 0.717) is 16.9 Å². The highest BCUT2D eigenvalue weighted by atomic mass is 35.5. The second-order valence-electron chi connectivity index (χ2n) is 3.39. The van der Waals surface area contributed by atoms with Gasteiger partial charge in [-0.05, 0) is 12.3 Å². The lowest BCUT2D eigenvalue weighted by Gasteiger charge is -2.14. The second-order valence-corrected chi connectivity index (χ2v) is 3.78. The van der Waals surface area contributed by atoms with E-state index in [2.05, 4.69) is 22.2 Å². The maximum absolute atomic E-state index is 8.83. The highest BCUT2D eigenvalue weighted by Gasteiger charge is 2.05. The average Bonchev–Trinajstić information content (AvgIpc) is 2.24. The lowest BCUT2D eigenvalue weighted by molar-refractivity contribution is 0.258. The molecule has 1 aromatic heterocycles.